The van der Waals surface area contributed by atoms with Crippen molar-refractivity contribution in [3.63, 3.8) is 0 Å². The molecular weight excluding hydrogens is 236 g/mol. The van der Waals surface area contributed by atoms with Crippen molar-refractivity contribution in [2.75, 3.05) is 5.32 Å². The number of rotatable bonds is 2. The molecule has 0 saturated heterocycles. The molecule has 1 aromatic carbocycles. The number of aromatic nitrogens is 3. The van der Waals surface area contributed by atoms with Gasteiger partial charge in [-0.05, 0) is 43.2 Å². The van der Waals surface area contributed by atoms with Crippen molar-refractivity contribution in [2.45, 2.75) is 13.8 Å². The summed E-state index contributed by atoms with van der Waals surface area (Å²) in [5, 5.41) is 4.41. The normalized spacial score (nSPS) is 10.9. The van der Waals surface area contributed by atoms with Gasteiger partial charge in [0.15, 0.2) is 0 Å². The molecule has 2 aromatic heterocycles. The van der Waals surface area contributed by atoms with Gasteiger partial charge in [0.05, 0.1) is 5.39 Å². The maximum Gasteiger partial charge on any atom is 0.145 e. The van der Waals surface area contributed by atoms with E-state index in [4.69, 9.17) is 0 Å². The largest absolute Gasteiger partial charge is 0.340 e. The minimum absolute atomic E-state index is 0.843. The Morgan fingerprint density at radius 3 is 2.53 bits per heavy atom. The average molecular weight is 252 g/mol. The van der Waals surface area contributed by atoms with Gasteiger partial charge >= 0.3 is 0 Å². The van der Waals surface area contributed by atoms with Crippen molar-refractivity contribution < 1.29 is 0 Å². The van der Waals surface area contributed by atoms with Crippen molar-refractivity contribution in [1.82, 2.24) is 14.5 Å². The molecule has 2 heterocycles. The molecule has 4 heteroatoms. The number of hydrogen-bond donors (Lipinski definition) is 1. The van der Waals surface area contributed by atoms with E-state index >= 15 is 0 Å². The van der Waals surface area contributed by atoms with Crippen molar-refractivity contribution in [3.8, 4) is 0 Å². The van der Waals surface area contributed by atoms with Crippen LogP contribution in [0.3, 0.4) is 0 Å². The maximum absolute atomic E-state index is 4.34. The van der Waals surface area contributed by atoms with E-state index in [9.17, 15) is 0 Å². The van der Waals surface area contributed by atoms with Gasteiger partial charge in [-0.3, -0.25) is 0 Å². The number of nitrogens with one attached hydrogen (secondary N) is 1. The highest BCUT2D eigenvalue weighted by Gasteiger charge is 2.07. The van der Waals surface area contributed by atoms with E-state index in [1.54, 1.807) is 6.33 Å². The van der Waals surface area contributed by atoms with Gasteiger partial charge in [-0.25, -0.2) is 9.97 Å². The van der Waals surface area contributed by atoms with Crippen LogP contribution < -0.4 is 5.32 Å². The number of fused-ring (bicyclic) bond motifs is 1. The summed E-state index contributed by atoms with van der Waals surface area (Å²) in [5.74, 6) is 0.843. The fraction of sp³-hybridized carbons (Fsp3) is 0.200. The standard InChI is InChI=1S/C15H16N4/c1-10-6-11(2)8-12(7-10)18-14-13-4-5-19(3)15(13)17-9-16-14/h4-9H,1-3H3,(H,16,17,18). The van der Waals surface area contributed by atoms with Crippen molar-refractivity contribution in [3.05, 3.63) is 47.9 Å². The Balaban J connectivity index is 2.05. The molecule has 0 unspecified atom stereocenters. The molecule has 0 spiro atoms. The van der Waals surface area contributed by atoms with Gasteiger partial charge in [-0.2, -0.15) is 0 Å². The lowest BCUT2D eigenvalue weighted by molar-refractivity contribution is 0.944. The lowest BCUT2D eigenvalue weighted by Crippen LogP contribution is -1.97. The molecule has 0 aliphatic rings. The highest BCUT2D eigenvalue weighted by Crippen LogP contribution is 2.24. The first kappa shape index (κ1) is 11.7. The summed E-state index contributed by atoms with van der Waals surface area (Å²) in [6, 6.07) is 8.41. The zero-order chi connectivity index (χ0) is 13.4. The van der Waals surface area contributed by atoms with Crippen LogP contribution in [-0.4, -0.2) is 14.5 Å². The molecule has 3 aromatic rings. The van der Waals surface area contributed by atoms with Gasteiger partial charge in [0, 0.05) is 18.9 Å². The van der Waals surface area contributed by atoms with Gasteiger partial charge in [0.2, 0.25) is 0 Å². The van der Waals surface area contributed by atoms with Crippen molar-refractivity contribution in [2.24, 2.45) is 7.05 Å². The summed E-state index contributed by atoms with van der Waals surface area (Å²) in [6.07, 6.45) is 3.58. The van der Waals surface area contributed by atoms with Crippen LogP contribution in [0.15, 0.2) is 36.8 Å². The van der Waals surface area contributed by atoms with Crippen LogP contribution in [0, 0.1) is 13.8 Å². The molecule has 0 aliphatic carbocycles. The van der Waals surface area contributed by atoms with E-state index in [0.29, 0.717) is 0 Å². The van der Waals surface area contributed by atoms with Crippen LogP contribution in [-0.2, 0) is 7.05 Å². The zero-order valence-electron chi connectivity index (χ0n) is 11.3. The molecule has 96 valence electrons. The Labute approximate surface area is 112 Å². The van der Waals surface area contributed by atoms with E-state index in [1.165, 1.54) is 11.1 Å². The van der Waals surface area contributed by atoms with Crippen LogP contribution in [0.5, 0.6) is 0 Å². The topological polar surface area (TPSA) is 42.7 Å². The fourth-order valence-electron chi connectivity index (χ4n) is 2.36. The van der Waals surface area contributed by atoms with E-state index in [-0.39, 0.29) is 0 Å². The van der Waals surface area contributed by atoms with Gasteiger partial charge in [-0.1, -0.05) is 6.07 Å². The number of benzene rings is 1. The molecule has 0 bridgehead atoms. The summed E-state index contributed by atoms with van der Waals surface area (Å²) in [6.45, 7) is 4.19. The zero-order valence-corrected chi connectivity index (χ0v) is 11.3. The SMILES string of the molecule is Cc1cc(C)cc(Nc2ncnc3c2ccn3C)c1. The van der Waals surface area contributed by atoms with Crippen molar-refractivity contribution >= 4 is 22.5 Å². The number of hydrogen-bond acceptors (Lipinski definition) is 3. The second-order valence-electron chi connectivity index (χ2n) is 4.89. The molecule has 0 radical (unpaired) electrons. The van der Waals surface area contributed by atoms with Crippen LogP contribution in [0.2, 0.25) is 0 Å². The Morgan fingerprint density at radius 1 is 1.05 bits per heavy atom. The minimum Gasteiger partial charge on any atom is -0.340 e. The van der Waals surface area contributed by atoms with E-state index < -0.39 is 0 Å². The predicted molar refractivity (Wildman–Crippen MR) is 77.7 cm³/mol. The highest BCUT2D eigenvalue weighted by molar-refractivity contribution is 5.89. The maximum atomic E-state index is 4.34. The lowest BCUT2D eigenvalue weighted by Gasteiger charge is -2.08. The Morgan fingerprint density at radius 2 is 1.79 bits per heavy atom. The summed E-state index contributed by atoms with van der Waals surface area (Å²) < 4.78 is 1.99. The van der Waals surface area contributed by atoms with Crippen LogP contribution >= 0.6 is 0 Å². The Hall–Kier alpha value is -2.36. The summed E-state index contributed by atoms with van der Waals surface area (Å²) in [5.41, 5.74) is 4.46. The van der Waals surface area contributed by atoms with Gasteiger partial charge in [0.25, 0.3) is 0 Å². The first-order chi connectivity index (χ1) is 9.13. The predicted octanol–water partition coefficient (Wildman–Crippen LogP) is 3.33. The number of aryl methyl sites for hydroxylation is 3. The van der Waals surface area contributed by atoms with Gasteiger partial charge in [0.1, 0.15) is 17.8 Å². The minimum atomic E-state index is 0.843. The summed E-state index contributed by atoms with van der Waals surface area (Å²) in [4.78, 5) is 8.63. The molecule has 19 heavy (non-hydrogen) atoms. The quantitative estimate of drug-likeness (QED) is 0.760. The molecule has 0 atom stereocenters. The molecule has 4 nitrogen and oxygen atoms in total. The number of anilines is 2. The summed E-state index contributed by atoms with van der Waals surface area (Å²) in [7, 11) is 1.98. The second kappa shape index (κ2) is 4.39. The third kappa shape index (κ3) is 2.17. The molecule has 0 amide bonds. The van der Waals surface area contributed by atoms with Gasteiger partial charge in [-0.15, -0.1) is 0 Å². The molecule has 0 saturated carbocycles. The lowest BCUT2D eigenvalue weighted by atomic mass is 10.1. The van der Waals surface area contributed by atoms with E-state index in [2.05, 4.69) is 47.3 Å². The van der Waals surface area contributed by atoms with Crippen LogP contribution in [0.4, 0.5) is 11.5 Å². The van der Waals surface area contributed by atoms with Crippen LogP contribution in [0.25, 0.3) is 11.0 Å². The molecular formula is C15H16N4. The smallest absolute Gasteiger partial charge is 0.145 e. The van der Waals surface area contributed by atoms with Crippen molar-refractivity contribution in [1.29, 1.82) is 0 Å². The molecule has 1 N–H and O–H groups in total. The molecule has 0 aliphatic heterocycles. The average Bonchev–Trinajstić information content (AvgIpc) is 2.71. The Bertz CT molecular complexity index is 723. The third-order valence-corrected chi connectivity index (χ3v) is 3.15. The molecule has 0 fully saturated rings. The third-order valence-electron chi connectivity index (χ3n) is 3.15. The summed E-state index contributed by atoms with van der Waals surface area (Å²) >= 11 is 0. The Kier molecular flexibility index (Phi) is 2.71. The molecule has 3 rings (SSSR count). The second-order valence-corrected chi connectivity index (χ2v) is 4.89. The number of nitrogens with zero attached hydrogens (tertiary/aromatic N) is 3. The van der Waals surface area contributed by atoms with Crippen LogP contribution in [0.1, 0.15) is 11.1 Å². The highest BCUT2D eigenvalue weighted by atomic mass is 15.1. The first-order valence-corrected chi connectivity index (χ1v) is 6.25. The van der Waals surface area contributed by atoms with E-state index in [1.807, 2.05) is 23.9 Å². The van der Waals surface area contributed by atoms with E-state index in [0.717, 1.165) is 22.5 Å². The fourth-order valence-corrected chi connectivity index (χ4v) is 2.36. The monoisotopic (exact) mass is 252 g/mol. The van der Waals surface area contributed by atoms with Gasteiger partial charge < -0.3 is 9.88 Å². The first-order valence-electron chi connectivity index (χ1n) is 6.25.